The number of halogens is 1. The Morgan fingerprint density at radius 3 is 3.15 bits per heavy atom. The molecule has 1 amide bonds. The summed E-state index contributed by atoms with van der Waals surface area (Å²) >= 11 is 3.43. The molecule has 70 valence electrons. The lowest BCUT2D eigenvalue weighted by Gasteiger charge is -2.19. The van der Waals surface area contributed by atoms with E-state index < -0.39 is 0 Å². The first-order valence-corrected chi connectivity index (χ1v) is 4.99. The number of rotatable bonds is 1. The van der Waals surface area contributed by atoms with E-state index in [0.29, 0.717) is 13.2 Å². The third-order valence-corrected chi connectivity index (χ3v) is 2.54. The van der Waals surface area contributed by atoms with Crippen LogP contribution in [0.5, 0.6) is 0 Å². The third-order valence-electron chi connectivity index (χ3n) is 1.98. The summed E-state index contributed by atoms with van der Waals surface area (Å²) in [5.74, 6) is 0. The van der Waals surface area contributed by atoms with Crippen LogP contribution in [0, 0.1) is 0 Å². The molecule has 13 heavy (non-hydrogen) atoms. The number of cyclic esters (lactones) is 1. The number of allylic oxidation sites excluding steroid dienone is 1. The van der Waals surface area contributed by atoms with Gasteiger partial charge in [-0.2, -0.15) is 0 Å². The van der Waals surface area contributed by atoms with E-state index in [9.17, 15) is 4.79 Å². The van der Waals surface area contributed by atoms with E-state index >= 15 is 0 Å². The van der Waals surface area contributed by atoms with Crippen LogP contribution in [-0.4, -0.2) is 35.2 Å². The van der Waals surface area contributed by atoms with Crippen LogP contribution in [0.4, 0.5) is 4.79 Å². The molecule has 0 aliphatic carbocycles. The van der Waals surface area contributed by atoms with Crippen molar-refractivity contribution in [3.05, 3.63) is 11.9 Å². The zero-order valence-electron chi connectivity index (χ0n) is 6.94. The Kier molecular flexibility index (Phi) is 2.35. The van der Waals surface area contributed by atoms with Crippen molar-refractivity contribution >= 4 is 28.2 Å². The van der Waals surface area contributed by atoms with Gasteiger partial charge in [0.2, 0.25) is 0 Å². The molecule has 0 spiro atoms. The fourth-order valence-corrected chi connectivity index (χ4v) is 1.83. The number of hydrogen-bond donors (Lipinski definition) is 0. The van der Waals surface area contributed by atoms with Crippen molar-refractivity contribution in [1.82, 2.24) is 4.90 Å². The van der Waals surface area contributed by atoms with Gasteiger partial charge in [0.15, 0.2) is 0 Å². The molecule has 0 bridgehead atoms. The van der Waals surface area contributed by atoms with Gasteiger partial charge in [0, 0.05) is 24.5 Å². The molecule has 2 heterocycles. The van der Waals surface area contributed by atoms with E-state index in [0.717, 1.165) is 12.1 Å². The van der Waals surface area contributed by atoms with Gasteiger partial charge >= 0.3 is 6.09 Å². The Balaban J connectivity index is 2.12. The molecule has 1 saturated heterocycles. The van der Waals surface area contributed by atoms with Gasteiger partial charge < -0.3 is 4.74 Å². The van der Waals surface area contributed by atoms with Gasteiger partial charge in [-0.3, -0.25) is 9.89 Å². The highest BCUT2D eigenvalue weighted by Crippen LogP contribution is 2.22. The largest absolute Gasteiger partial charge is 0.447 e. The lowest BCUT2D eigenvalue weighted by Crippen LogP contribution is -2.26. The highest BCUT2D eigenvalue weighted by molar-refractivity contribution is 9.10. The average molecular weight is 245 g/mol. The molecule has 0 aromatic rings. The summed E-state index contributed by atoms with van der Waals surface area (Å²) in [5, 5.41) is 0. The van der Waals surface area contributed by atoms with Crippen LogP contribution in [0.25, 0.3) is 0 Å². The number of alkyl halides is 1. The van der Waals surface area contributed by atoms with Gasteiger partial charge in [-0.25, -0.2) is 4.79 Å². The second kappa shape index (κ2) is 3.49. The second-order valence-electron chi connectivity index (χ2n) is 2.90. The van der Waals surface area contributed by atoms with Crippen molar-refractivity contribution in [2.24, 2.45) is 4.99 Å². The summed E-state index contributed by atoms with van der Waals surface area (Å²) in [7, 11) is 0. The number of carbonyl (C=O) groups is 1. The number of ether oxygens (including phenoxy) is 1. The Hall–Kier alpha value is -0.840. The molecule has 2 aliphatic heterocycles. The normalized spacial score (nSPS) is 27.5. The Labute approximate surface area is 84.4 Å². The SMILES string of the molecule is O=C1OCCN1C1=CN=CC(Br)C1. The van der Waals surface area contributed by atoms with Crippen LogP contribution < -0.4 is 0 Å². The molecule has 2 rings (SSSR count). The predicted molar refractivity (Wildman–Crippen MR) is 52.0 cm³/mol. The van der Waals surface area contributed by atoms with Crippen LogP contribution in [0.3, 0.4) is 0 Å². The van der Waals surface area contributed by atoms with E-state index in [-0.39, 0.29) is 10.9 Å². The topological polar surface area (TPSA) is 41.9 Å². The maximum Gasteiger partial charge on any atom is 0.414 e. The van der Waals surface area contributed by atoms with Crippen LogP contribution >= 0.6 is 15.9 Å². The van der Waals surface area contributed by atoms with Gasteiger partial charge in [0.25, 0.3) is 0 Å². The highest BCUT2D eigenvalue weighted by Gasteiger charge is 2.27. The van der Waals surface area contributed by atoms with Gasteiger partial charge in [-0.15, -0.1) is 0 Å². The standard InChI is InChI=1S/C8H9BrN2O2/c9-6-3-7(5-10-4-6)11-1-2-13-8(11)12/h4-6H,1-3H2. The van der Waals surface area contributed by atoms with E-state index in [1.165, 1.54) is 0 Å². The van der Waals surface area contributed by atoms with E-state index in [1.54, 1.807) is 11.1 Å². The second-order valence-corrected chi connectivity index (χ2v) is 4.08. The first-order valence-electron chi connectivity index (χ1n) is 4.08. The van der Waals surface area contributed by atoms with Crippen molar-refractivity contribution in [3.8, 4) is 0 Å². The fraction of sp³-hybridized carbons (Fsp3) is 0.500. The molecule has 1 unspecified atom stereocenters. The lowest BCUT2D eigenvalue weighted by atomic mass is 10.2. The van der Waals surface area contributed by atoms with Crippen molar-refractivity contribution in [3.63, 3.8) is 0 Å². The molecule has 4 nitrogen and oxygen atoms in total. The van der Waals surface area contributed by atoms with Crippen LogP contribution in [0.2, 0.25) is 0 Å². The predicted octanol–water partition coefficient (Wildman–Crippen LogP) is 1.52. The lowest BCUT2D eigenvalue weighted by molar-refractivity contribution is 0.163. The van der Waals surface area contributed by atoms with Gasteiger partial charge in [-0.1, -0.05) is 15.9 Å². The van der Waals surface area contributed by atoms with Crippen molar-refractivity contribution in [2.45, 2.75) is 11.2 Å². The summed E-state index contributed by atoms with van der Waals surface area (Å²) in [6, 6.07) is 0. The van der Waals surface area contributed by atoms with Crippen molar-refractivity contribution in [1.29, 1.82) is 0 Å². The fourth-order valence-electron chi connectivity index (χ4n) is 1.36. The molecule has 1 atom stereocenters. The number of aliphatic imine (C=N–C) groups is 1. The minimum atomic E-state index is -0.261. The van der Waals surface area contributed by atoms with Gasteiger partial charge in [-0.05, 0) is 0 Å². The molecule has 0 aromatic heterocycles. The maximum atomic E-state index is 11.2. The van der Waals surface area contributed by atoms with E-state index in [2.05, 4.69) is 20.9 Å². The molecule has 0 saturated carbocycles. The summed E-state index contributed by atoms with van der Waals surface area (Å²) in [6.45, 7) is 1.12. The molecule has 0 aromatic carbocycles. The average Bonchev–Trinajstić information content (AvgIpc) is 2.51. The van der Waals surface area contributed by atoms with Crippen molar-refractivity contribution < 1.29 is 9.53 Å². The number of carbonyl (C=O) groups excluding carboxylic acids is 1. The number of amides is 1. The maximum absolute atomic E-state index is 11.2. The quantitative estimate of drug-likeness (QED) is 0.657. The van der Waals surface area contributed by atoms with Crippen molar-refractivity contribution in [2.75, 3.05) is 13.2 Å². The monoisotopic (exact) mass is 244 g/mol. The molecule has 5 heteroatoms. The smallest absolute Gasteiger partial charge is 0.414 e. The summed E-state index contributed by atoms with van der Waals surface area (Å²) < 4.78 is 4.83. The summed E-state index contributed by atoms with van der Waals surface area (Å²) in [6.07, 6.45) is 4.05. The zero-order chi connectivity index (χ0) is 9.26. The minimum Gasteiger partial charge on any atom is -0.447 e. The first kappa shape index (κ1) is 8.74. The first-order chi connectivity index (χ1) is 6.27. The molecular formula is C8H9BrN2O2. The van der Waals surface area contributed by atoms with Gasteiger partial charge in [0.1, 0.15) is 6.61 Å². The van der Waals surface area contributed by atoms with E-state index in [4.69, 9.17) is 4.74 Å². The summed E-state index contributed by atoms with van der Waals surface area (Å²) in [5.41, 5.74) is 0.923. The molecule has 1 fully saturated rings. The molecule has 2 aliphatic rings. The number of hydrogen-bond acceptors (Lipinski definition) is 3. The number of nitrogens with zero attached hydrogens (tertiary/aromatic N) is 2. The Bertz CT molecular complexity index is 288. The van der Waals surface area contributed by atoms with E-state index in [1.807, 2.05) is 6.21 Å². The van der Waals surface area contributed by atoms with Gasteiger partial charge in [0.05, 0.1) is 11.4 Å². The summed E-state index contributed by atoms with van der Waals surface area (Å²) in [4.78, 5) is 17.1. The highest BCUT2D eigenvalue weighted by atomic mass is 79.9. The van der Waals surface area contributed by atoms with Crippen LogP contribution in [0.1, 0.15) is 6.42 Å². The molecule has 0 radical (unpaired) electrons. The Morgan fingerprint density at radius 1 is 1.69 bits per heavy atom. The van der Waals surface area contributed by atoms with Crippen LogP contribution in [-0.2, 0) is 4.74 Å². The van der Waals surface area contributed by atoms with Crippen LogP contribution in [0.15, 0.2) is 16.9 Å². The Morgan fingerprint density at radius 2 is 2.54 bits per heavy atom. The minimum absolute atomic E-state index is 0.223. The molecule has 0 N–H and O–H groups in total. The molecular weight excluding hydrogens is 236 g/mol. The zero-order valence-corrected chi connectivity index (χ0v) is 8.53. The third kappa shape index (κ3) is 1.75.